The number of carbonyl (C=O) groups excluding carboxylic acids is 2. The lowest BCUT2D eigenvalue weighted by Gasteiger charge is -2.19. The largest absolute Gasteiger partial charge is 0.448 e. The molecule has 1 aliphatic rings. The molecule has 3 rings (SSSR count). The Labute approximate surface area is 332 Å². The van der Waals surface area contributed by atoms with Gasteiger partial charge in [-0.1, -0.05) is 48.5 Å². The Bertz CT molecular complexity index is 1300. The number of nitrogens with one attached hydrogen (secondary N) is 1. The van der Waals surface area contributed by atoms with Crippen molar-refractivity contribution in [1.82, 2.24) is 10.2 Å². The Morgan fingerprint density at radius 3 is 1.30 bits per heavy atom. The molecule has 0 atom stereocenters. The van der Waals surface area contributed by atoms with E-state index in [0.29, 0.717) is 139 Å². The van der Waals surface area contributed by atoms with Gasteiger partial charge in [-0.05, 0) is 43.0 Å². The summed E-state index contributed by atoms with van der Waals surface area (Å²) in [4.78, 5) is 25.7. The van der Waals surface area contributed by atoms with E-state index in [0.717, 1.165) is 0 Å². The Morgan fingerprint density at radius 2 is 0.911 bits per heavy atom. The van der Waals surface area contributed by atoms with Crippen molar-refractivity contribution in [2.24, 2.45) is 0 Å². The molecule has 316 valence electrons. The van der Waals surface area contributed by atoms with Crippen LogP contribution < -0.4 is 5.32 Å². The summed E-state index contributed by atoms with van der Waals surface area (Å²) in [5.74, 6) is 0.0348. The van der Waals surface area contributed by atoms with Gasteiger partial charge in [0.1, 0.15) is 12.2 Å². The number of carbonyl (C=O) groups is 2. The lowest BCUT2D eigenvalue weighted by molar-refractivity contribution is -0.0251. The highest BCUT2D eigenvalue weighted by atomic mass is 16.6. The second-order valence-corrected chi connectivity index (χ2v) is 13.7. The Balaban J connectivity index is 0.974. The summed E-state index contributed by atoms with van der Waals surface area (Å²) in [6, 6.07) is 16.6. The van der Waals surface area contributed by atoms with Gasteiger partial charge in [0.25, 0.3) is 0 Å². The number of benzene rings is 2. The molecule has 0 aliphatic heterocycles. The molecule has 2 aromatic rings. The van der Waals surface area contributed by atoms with E-state index in [2.05, 4.69) is 29.6 Å². The zero-order chi connectivity index (χ0) is 40.1. The molecule has 0 heterocycles. The van der Waals surface area contributed by atoms with Crippen LogP contribution in [0, 0.1) is 0 Å². The second kappa shape index (κ2) is 28.9. The van der Waals surface area contributed by atoms with Gasteiger partial charge in [-0.15, -0.1) is 0 Å². The van der Waals surface area contributed by atoms with Crippen molar-refractivity contribution < 1.29 is 61.7 Å². The van der Waals surface area contributed by atoms with Crippen molar-refractivity contribution in [3.63, 3.8) is 0 Å². The normalized spacial score (nSPS) is 12.4. The Kier molecular flexibility index (Phi) is 24.3. The maximum Gasteiger partial charge on any atom is 0.409 e. The number of nitrogens with zero attached hydrogens (tertiary/aromatic N) is 1. The van der Waals surface area contributed by atoms with Crippen LogP contribution in [0.4, 0.5) is 9.59 Å². The SMILES string of the molecule is CN(CCOCCOCCOCCOCCOCCOCCOCCOCCOCCNC(=O)OC(C)(C)C)C(=O)OCC1c2ccccc2-c2ccccc21. The molecule has 0 aromatic heterocycles. The van der Waals surface area contributed by atoms with E-state index in [1.54, 1.807) is 7.05 Å². The first-order valence-corrected chi connectivity index (χ1v) is 19.5. The van der Waals surface area contributed by atoms with Gasteiger partial charge in [0, 0.05) is 26.1 Å². The lowest BCUT2D eigenvalue weighted by atomic mass is 9.98. The molecule has 1 aliphatic carbocycles. The number of alkyl carbamates (subject to hydrolysis) is 1. The van der Waals surface area contributed by atoms with E-state index in [-0.39, 0.29) is 12.0 Å². The second-order valence-electron chi connectivity index (χ2n) is 13.7. The molecule has 0 unspecified atom stereocenters. The number of hydrogen-bond donors (Lipinski definition) is 1. The first kappa shape index (κ1) is 47.0. The molecule has 2 aromatic carbocycles. The predicted molar refractivity (Wildman–Crippen MR) is 209 cm³/mol. The number of rotatable bonds is 32. The molecular formula is C41H64N2O13. The van der Waals surface area contributed by atoms with Crippen LogP contribution >= 0.6 is 0 Å². The van der Waals surface area contributed by atoms with Crippen LogP contribution in [0.2, 0.25) is 0 Å². The Morgan fingerprint density at radius 1 is 0.554 bits per heavy atom. The molecule has 0 saturated heterocycles. The first-order chi connectivity index (χ1) is 27.3. The number of likely N-dealkylation sites (N-methyl/N-ethyl adjacent to an activating group) is 1. The fraction of sp³-hybridized carbons (Fsp3) is 0.659. The summed E-state index contributed by atoms with van der Waals surface area (Å²) in [5.41, 5.74) is 4.27. The van der Waals surface area contributed by atoms with Crippen molar-refractivity contribution in [3.05, 3.63) is 59.7 Å². The smallest absolute Gasteiger partial charge is 0.409 e. The van der Waals surface area contributed by atoms with E-state index in [1.807, 2.05) is 45.0 Å². The third kappa shape index (κ3) is 20.7. The maximum atomic E-state index is 12.6. The van der Waals surface area contributed by atoms with E-state index < -0.39 is 11.7 Å². The minimum Gasteiger partial charge on any atom is -0.448 e. The van der Waals surface area contributed by atoms with Crippen molar-refractivity contribution in [1.29, 1.82) is 0 Å². The van der Waals surface area contributed by atoms with Crippen LogP contribution in [0.1, 0.15) is 37.8 Å². The van der Waals surface area contributed by atoms with Gasteiger partial charge in [-0.25, -0.2) is 9.59 Å². The third-order valence-electron chi connectivity index (χ3n) is 8.11. The molecule has 15 nitrogen and oxygen atoms in total. The average Bonchev–Trinajstić information content (AvgIpc) is 3.50. The highest BCUT2D eigenvalue weighted by Crippen LogP contribution is 2.44. The quantitative estimate of drug-likeness (QED) is 0.103. The zero-order valence-corrected chi connectivity index (χ0v) is 33.8. The molecule has 0 radical (unpaired) electrons. The minimum absolute atomic E-state index is 0.0348. The van der Waals surface area contributed by atoms with Crippen LogP contribution in [-0.2, 0) is 52.1 Å². The van der Waals surface area contributed by atoms with E-state index in [4.69, 9.17) is 52.1 Å². The summed E-state index contributed by atoms with van der Waals surface area (Å²) >= 11 is 0. The summed E-state index contributed by atoms with van der Waals surface area (Å²) in [7, 11) is 1.71. The molecule has 56 heavy (non-hydrogen) atoms. The fourth-order valence-corrected chi connectivity index (χ4v) is 5.40. The van der Waals surface area contributed by atoms with Gasteiger partial charge in [-0.2, -0.15) is 0 Å². The van der Waals surface area contributed by atoms with Crippen molar-refractivity contribution in [2.75, 3.05) is 146 Å². The van der Waals surface area contributed by atoms with Crippen LogP contribution in [-0.4, -0.2) is 168 Å². The number of fused-ring (bicyclic) bond motifs is 3. The first-order valence-electron chi connectivity index (χ1n) is 19.5. The highest BCUT2D eigenvalue weighted by Gasteiger charge is 2.29. The van der Waals surface area contributed by atoms with Gasteiger partial charge in [0.15, 0.2) is 0 Å². The monoisotopic (exact) mass is 792 g/mol. The molecule has 0 bridgehead atoms. The van der Waals surface area contributed by atoms with Gasteiger partial charge in [0.2, 0.25) is 0 Å². The van der Waals surface area contributed by atoms with Crippen LogP contribution in [0.5, 0.6) is 0 Å². The average molecular weight is 793 g/mol. The van der Waals surface area contributed by atoms with Gasteiger partial charge in [-0.3, -0.25) is 0 Å². The summed E-state index contributed by atoms with van der Waals surface area (Å²) in [6.07, 6.45) is -0.824. The maximum absolute atomic E-state index is 12.6. The summed E-state index contributed by atoms with van der Waals surface area (Å²) in [6.45, 7) is 14.7. The number of ether oxygens (including phenoxy) is 11. The molecule has 1 N–H and O–H groups in total. The summed E-state index contributed by atoms with van der Waals surface area (Å²) in [5, 5.41) is 2.63. The topological polar surface area (TPSA) is 151 Å². The van der Waals surface area contributed by atoms with Gasteiger partial charge in [0.05, 0.1) is 119 Å². The molecule has 0 saturated carbocycles. The lowest BCUT2D eigenvalue weighted by Crippen LogP contribution is -2.34. The predicted octanol–water partition coefficient (Wildman–Crippen LogP) is 4.54. The molecule has 15 heteroatoms. The third-order valence-corrected chi connectivity index (χ3v) is 8.11. The minimum atomic E-state index is -0.517. The van der Waals surface area contributed by atoms with Crippen molar-refractivity contribution in [3.8, 4) is 11.1 Å². The van der Waals surface area contributed by atoms with Crippen LogP contribution in [0.15, 0.2) is 48.5 Å². The highest BCUT2D eigenvalue weighted by molar-refractivity contribution is 5.79. The standard InChI is InChI=1S/C41H64N2O13/c1-41(2,3)56-39(44)42-13-15-46-17-19-48-21-23-50-25-27-52-29-31-54-32-30-53-28-26-51-24-22-49-20-18-47-16-14-43(4)40(45)55-33-38-36-11-7-5-9-34(36)35-10-6-8-12-37(35)38/h5-12,38H,13-33H2,1-4H3,(H,42,44). The van der Waals surface area contributed by atoms with Crippen molar-refractivity contribution in [2.45, 2.75) is 32.3 Å². The van der Waals surface area contributed by atoms with Gasteiger partial charge < -0.3 is 62.3 Å². The fourth-order valence-electron chi connectivity index (χ4n) is 5.40. The number of hydrogen-bond acceptors (Lipinski definition) is 13. The molecule has 0 spiro atoms. The zero-order valence-electron chi connectivity index (χ0n) is 33.8. The van der Waals surface area contributed by atoms with Crippen LogP contribution in [0.25, 0.3) is 11.1 Å². The number of amides is 2. The Hall–Kier alpha value is -3.38. The van der Waals surface area contributed by atoms with Crippen LogP contribution in [0.3, 0.4) is 0 Å². The molecular weight excluding hydrogens is 728 g/mol. The molecule has 2 amide bonds. The molecule has 0 fully saturated rings. The van der Waals surface area contributed by atoms with E-state index >= 15 is 0 Å². The van der Waals surface area contributed by atoms with Gasteiger partial charge >= 0.3 is 12.2 Å². The summed E-state index contributed by atoms with van der Waals surface area (Å²) < 4.78 is 60.3. The van der Waals surface area contributed by atoms with Crippen molar-refractivity contribution >= 4 is 12.2 Å². The van der Waals surface area contributed by atoms with E-state index in [9.17, 15) is 9.59 Å². The van der Waals surface area contributed by atoms with E-state index in [1.165, 1.54) is 27.2 Å².